The number of carbonyl (C=O) groups excluding carboxylic acids is 1. The summed E-state index contributed by atoms with van der Waals surface area (Å²) in [6.07, 6.45) is 4.51. The van der Waals surface area contributed by atoms with Crippen LogP contribution in [-0.4, -0.2) is 33.1 Å². The number of carbonyl (C=O) groups is 1. The molecule has 3 aromatic rings. The number of pyridine rings is 1. The van der Waals surface area contributed by atoms with E-state index in [2.05, 4.69) is 15.3 Å². The highest BCUT2D eigenvalue weighted by molar-refractivity contribution is 7.99. The molecule has 7 heteroatoms. The van der Waals surface area contributed by atoms with Crippen molar-refractivity contribution in [2.45, 2.75) is 47.6 Å². The van der Waals surface area contributed by atoms with Crippen LogP contribution in [-0.2, 0) is 0 Å². The Kier molecular flexibility index (Phi) is 5.38. The molecular formula is C20H20ClN3O2S. The van der Waals surface area contributed by atoms with E-state index in [1.54, 1.807) is 6.20 Å². The summed E-state index contributed by atoms with van der Waals surface area (Å²) in [6.45, 7) is 0. The molecule has 0 radical (unpaired) electrons. The fraction of sp³-hybridized carbons (Fsp3) is 0.300. The minimum absolute atomic E-state index is 0.0913. The second-order valence-electron chi connectivity index (χ2n) is 6.76. The van der Waals surface area contributed by atoms with Crippen LogP contribution in [0.3, 0.4) is 0 Å². The van der Waals surface area contributed by atoms with E-state index in [-0.39, 0.29) is 18.1 Å². The average Bonchev–Trinajstić information content (AvgIpc) is 3.04. The van der Waals surface area contributed by atoms with Gasteiger partial charge in [0.1, 0.15) is 11.3 Å². The highest BCUT2D eigenvalue weighted by atomic mass is 35.5. The van der Waals surface area contributed by atoms with Crippen molar-refractivity contribution in [2.75, 3.05) is 0 Å². The maximum absolute atomic E-state index is 13.0. The number of hydrogen-bond donors (Lipinski definition) is 3. The summed E-state index contributed by atoms with van der Waals surface area (Å²) in [5, 5.41) is 14.4. The zero-order valence-electron chi connectivity index (χ0n) is 14.6. The molecule has 140 valence electrons. The Hall–Kier alpha value is -2.02. The quantitative estimate of drug-likeness (QED) is 0.605. The highest BCUT2D eigenvalue weighted by Gasteiger charge is 2.24. The Morgan fingerprint density at radius 1 is 1.19 bits per heavy atom. The van der Waals surface area contributed by atoms with Gasteiger partial charge < -0.3 is 15.4 Å². The molecule has 1 amide bonds. The number of aromatic amines is 1. The normalized spacial score (nSPS) is 19.9. The van der Waals surface area contributed by atoms with Gasteiger partial charge in [-0.05, 0) is 62.1 Å². The number of halogens is 1. The third-order valence-electron chi connectivity index (χ3n) is 4.82. The Balaban J connectivity index is 1.63. The number of hydrogen-bond acceptors (Lipinski definition) is 4. The van der Waals surface area contributed by atoms with Gasteiger partial charge in [0.25, 0.3) is 5.91 Å². The molecule has 0 saturated heterocycles. The van der Waals surface area contributed by atoms with Crippen molar-refractivity contribution < 1.29 is 9.90 Å². The number of rotatable bonds is 4. The SMILES string of the molecule is O=C(NC1CCC(O)CC1)c1[nH]c2ncccc2c1Sc1ccc(Cl)cc1. The van der Waals surface area contributed by atoms with Gasteiger partial charge in [-0.3, -0.25) is 4.79 Å². The maximum atomic E-state index is 13.0. The first-order valence-corrected chi connectivity index (χ1v) is 10.2. The molecule has 0 unspecified atom stereocenters. The minimum Gasteiger partial charge on any atom is -0.393 e. The number of H-pyrrole nitrogens is 1. The Bertz CT molecular complexity index is 950. The van der Waals surface area contributed by atoms with E-state index in [9.17, 15) is 9.90 Å². The standard InChI is InChI=1S/C20H20ClN3O2S/c21-12-3-9-15(10-4-12)27-18-16-2-1-11-22-19(16)24-17(18)20(26)23-13-5-7-14(25)8-6-13/h1-4,9-11,13-14,25H,5-8H2,(H,22,24)(H,23,26). The van der Waals surface area contributed by atoms with E-state index < -0.39 is 0 Å². The van der Waals surface area contributed by atoms with Crippen LogP contribution in [0.1, 0.15) is 36.2 Å². The van der Waals surface area contributed by atoms with Gasteiger partial charge in [0, 0.05) is 27.5 Å². The molecule has 0 atom stereocenters. The molecule has 5 nitrogen and oxygen atoms in total. The first kappa shape index (κ1) is 18.3. The van der Waals surface area contributed by atoms with Gasteiger partial charge in [-0.15, -0.1) is 0 Å². The zero-order valence-corrected chi connectivity index (χ0v) is 16.2. The number of aliphatic hydroxyl groups excluding tert-OH is 1. The molecule has 1 aliphatic carbocycles. The van der Waals surface area contributed by atoms with Crippen LogP contribution in [0.25, 0.3) is 11.0 Å². The first-order valence-electron chi connectivity index (χ1n) is 8.99. The number of benzene rings is 1. The predicted molar refractivity (Wildman–Crippen MR) is 107 cm³/mol. The number of aliphatic hydroxyl groups is 1. The molecule has 0 spiro atoms. The lowest BCUT2D eigenvalue weighted by Gasteiger charge is -2.26. The molecule has 4 rings (SSSR count). The Labute approximate surface area is 166 Å². The van der Waals surface area contributed by atoms with Gasteiger partial charge in [0.05, 0.1) is 11.0 Å². The van der Waals surface area contributed by atoms with Crippen LogP contribution >= 0.6 is 23.4 Å². The van der Waals surface area contributed by atoms with Crippen molar-refractivity contribution in [3.8, 4) is 0 Å². The molecule has 0 aliphatic heterocycles. The third kappa shape index (κ3) is 4.13. The van der Waals surface area contributed by atoms with Crippen molar-refractivity contribution in [3.05, 3.63) is 53.3 Å². The molecule has 0 bridgehead atoms. The number of nitrogens with one attached hydrogen (secondary N) is 2. The number of amides is 1. The summed E-state index contributed by atoms with van der Waals surface area (Å²) >= 11 is 7.50. The lowest BCUT2D eigenvalue weighted by molar-refractivity contribution is 0.0861. The second-order valence-corrected chi connectivity index (χ2v) is 8.28. The lowest BCUT2D eigenvalue weighted by atomic mass is 9.93. The van der Waals surface area contributed by atoms with Gasteiger partial charge >= 0.3 is 0 Å². The van der Waals surface area contributed by atoms with Crippen LogP contribution < -0.4 is 5.32 Å². The third-order valence-corrected chi connectivity index (χ3v) is 6.20. The summed E-state index contributed by atoms with van der Waals surface area (Å²) in [7, 11) is 0. The number of fused-ring (bicyclic) bond motifs is 1. The molecule has 1 saturated carbocycles. The van der Waals surface area contributed by atoms with Gasteiger partial charge in [-0.2, -0.15) is 0 Å². The fourth-order valence-electron chi connectivity index (χ4n) is 3.36. The molecule has 2 aromatic heterocycles. The second kappa shape index (κ2) is 7.92. The van der Waals surface area contributed by atoms with Crippen molar-refractivity contribution in [3.63, 3.8) is 0 Å². The minimum atomic E-state index is -0.244. The van der Waals surface area contributed by atoms with Gasteiger partial charge in [-0.25, -0.2) is 4.98 Å². The van der Waals surface area contributed by atoms with Gasteiger partial charge in [-0.1, -0.05) is 23.4 Å². The highest BCUT2D eigenvalue weighted by Crippen LogP contribution is 2.36. The van der Waals surface area contributed by atoms with E-state index in [0.29, 0.717) is 16.4 Å². The van der Waals surface area contributed by atoms with Crippen LogP contribution in [0.15, 0.2) is 52.4 Å². The zero-order chi connectivity index (χ0) is 18.8. The van der Waals surface area contributed by atoms with Crippen molar-refractivity contribution in [2.24, 2.45) is 0 Å². The van der Waals surface area contributed by atoms with Crippen LogP contribution in [0.4, 0.5) is 0 Å². The first-order chi connectivity index (χ1) is 13.1. The Morgan fingerprint density at radius 3 is 2.67 bits per heavy atom. The van der Waals surface area contributed by atoms with E-state index >= 15 is 0 Å². The molecule has 1 aromatic carbocycles. The van der Waals surface area contributed by atoms with Crippen molar-refractivity contribution >= 4 is 40.3 Å². The average molecular weight is 402 g/mol. The predicted octanol–water partition coefficient (Wildman–Crippen LogP) is 4.40. The maximum Gasteiger partial charge on any atom is 0.269 e. The van der Waals surface area contributed by atoms with Gasteiger partial charge in [0.15, 0.2) is 0 Å². The van der Waals surface area contributed by atoms with Gasteiger partial charge in [0.2, 0.25) is 0 Å². The van der Waals surface area contributed by atoms with Crippen LogP contribution in [0.2, 0.25) is 5.02 Å². The summed E-state index contributed by atoms with van der Waals surface area (Å²) in [5.41, 5.74) is 1.22. The van der Waals surface area contributed by atoms with E-state index in [1.165, 1.54) is 11.8 Å². The monoisotopic (exact) mass is 401 g/mol. The largest absolute Gasteiger partial charge is 0.393 e. The van der Waals surface area contributed by atoms with Crippen molar-refractivity contribution in [1.29, 1.82) is 0 Å². The topological polar surface area (TPSA) is 78.0 Å². The molecule has 27 heavy (non-hydrogen) atoms. The molecular weight excluding hydrogens is 382 g/mol. The van der Waals surface area contributed by atoms with E-state index in [4.69, 9.17) is 11.6 Å². The lowest BCUT2D eigenvalue weighted by Crippen LogP contribution is -2.38. The molecule has 1 aliphatic rings. The number of aromatic nitrogens is 2. The summed E-state index contributed by atoms with van der Waals surface area (Å²) in [4.78, 5) is 22.3. The fourth-order valence-corrected chi connectivity index (χ4v) is 4.52. The van der Waals surface area contributed by atoms with Crippen molar-refractivity contribution in [1.82, 2.24) is 15.3 Å². The van der Waals surface area contributed by atoms with Crippen LogP contribution in [0, 0.1) is 0 Å². The van der Waals surface area contributed by atoms with E-state index in [1.807, 2.05) is 36.4 Å². The smallest absolute Gasteiger partial charge is 0.269 e. The molecule has 1 fully saturated rings. The molecule has 2 heterocycles. The van der Waals surface area contributed by atoms with Crippen LogP contribution in [0.5, 0.6) is 0 Å². The number of nitrogens with zero attached hydrogens (tertiary/aromatic N) is 1. The summed E-state index contributed by atoms with van der Waals surface area (Å²) in [5.74, 6) is -0.133. The summed E-state index contributed by atoms with van der Waals surface area (Å²) < 4.78 is 0. The summed E-state index contributed by atoms with van der Waals surface area (Å²) in [6, 6.07) is 11.5. The van der Waals surface area contributed by atoms with E-state index in [0.717, 1.165) is 40.9 Å². The molecule has 3 N–H and O–H groups in total. The Morgan fingerprint density at radius 2 is 1.93 bits per heavy atom.